The standard InChI is InChI=1S/C15H18/c1-4-6-10-14(5-2)12-15-11-8-7-9-13(15)3/h4,6-12H,1,5H2,2-3H3/b10-6+,14-12-. The summed E-state index contributed by atoms with van der Waals surface area (Å²) in [5.74, 6) is 0. The van der Waals surface area contributed by atoms with Crippen molar-refractivity contribution in [2.24, 2.45) is 0 Å². The molecule has 0 nitrogen and oxygen atoms in total. The molecule has 0 spiro atoms. The van der Waals surface area contributed by atoms with Crippen LogP contribution >= 0.6 is 0 Å². The Kier molecular flexibility index (Phi) is 4.62. The van der Waals surface area contributed by atoms with E-state index in [2.05, 4.69) is 56.8 Å². The molecule has 0 aliphatic heterocycles. The largest absolute Gasteiger partial charge is 0.0991 e. The van der Waals surface area contributed by atoms with Gasteiger partial charge in [-0.05, 0) is 30.0 Å². The third-order valence-corrected chi connectivity index (χ3v) is 2.38. The van der Waals surface area contributed by atoms with Gasteiger partial charge in [-0.2, -0.15) is 0 Å². The summed E-state index contributed by atoms with van der Waals surface area (Å²) in [4.78, 5) is 0. The minimum Gasteiger partial charge on any atom is -0.0991 e. The summed E-state index contributed by atoms with van der Waals surface area (Å²) in [6, 6.07) is 8.42. The van der Waals surface area contributed by atoms with Crippen molar-refractivity contribution in [1.82, 2.24) is 0 Å². The minimum absolute atomic E-state index is 1.04. The van der Waals surface area contributed by atoms with Crippen molar-refractivity contribution in [2.75, 3.05) is 0 Å². The van der Waals surface area contributed by atoms with E-state index >= 15 is 0 Å². The smallest absolute Gasteiger partial charge is 0.0225 e. The first-order valence-corrected chi connectivity index (χ1v) is 5.33. The Morgan fingerprint density at radius 2 is 2.07 bits per heavy atom. The highest BCUT2D eigenvalue weighted by Gasteiger charge is 1.94. The lowest BCUT2D eigenvalue weighted by atomic mass is 10.0. The van der Waals surface area contributed by atoms with Crippen LogP contribution in [0.2, 0.25) is 0 Å². The zero-order chi connectivity index (χ0) is 11.1. The SMILES string of the molecule is C=C/C=C/C(=C\c1ccccc1C)CC. The van der Waals surface area contributed by atoms with Crippen molar-refractivity contribution in [3.05, 3.63) is 65.8 Å². The minimum atomic E-state index is 1.04. The lowest BCUT2D eigenvalue weighted by Crippen LogP contribution is -1.81. The summed E-state index contributed by atoms with van der Waals surface area (Å²) in [6.45, 7) is 7.98. The lowest BCUT2D eigenvalue weighted by Gasteiger charge is -2.01. The molecule has 1 aromatic rings. The van der Waals surface area contributed by atoms with Crippen LogP contribution in [-0.2, 0) is 0 Å². The molecule has 0 saturated carbocycles. The van der Waals surface area contributed by atoms with Crippen LogP contribution in [0.4, 0.5) is 0 Å². The van der Waals surface area contributed by atoms with Crippen molar-refractivity contribution in [3.63, 3.8) is 0 Å². The van der Waals surface area contributed by atoms with E-state index in [1.807, 2.05) is 6.08 Å². The Balaban J connectivity index is 2.98. The number of hydrogen-bond donors (Lipinski definition) is 0. The summed E-state index contributed by atoms with van der Waals surface area (Å²) in [5.41, 5.74) is 3.93. The van der Waals surface area contributed by atoms with E-state index in [1.54, 1.807) is 6.08 Å². The molecule has 0 amide bonds. The summed E-state index contributed by atoms with van der Waals surface area (Å²) in [5, 5.41) is 0. The summed E-state index contributed by atoms with van der Waals surface area (Å²) < 4.78 is 0. The first-order chi connectivity index (χ1) is 7.27. The number of aryl methyl sites for hydroxylation is 1. The van der Waals surface area contributed by atoms with Gasteiger partial charge in [0.05, 0.1) is 0 Å². The zero-order valence-corrected chi connectivity index (χ0v) is 9.53. The predicted octanol–water partition coefficient (Wildman–Crippen LogP) is 4.53. The molecule has 0 aliphatic carbocycles. The predicted molar refractivity (Wildman–Crippen MR) is 68.8 cm³/mol. The van der Waals surface area contributed by atoms with Gasteiger partial charge >= 0.3 is 0 Å². The molecule has 78 valence electrons. The zero-order valence-electron chi connectivity index (χ0n) is 9.53. The Hall–Kier alpha value is -1.56. The second-order valence-electron chi connectivity index (χ2n) is 3.52. The molecule has 0 saturated heterocycles. The van der Waals surface area contributed by atoms with E-state index < -0.39 is 0 Å². The van der Waals surface area contributed by atoms with Crippen molar-refractivity contribution in [2.45, 2.75) is 20.3 Å². The molecule has 1 rings (SSSR count). The van der Waals surface area contributed by atoms with E-state index in [0.717, 1.165) is 6.42 Å². The molecule has 1 aromatic carbocycles. The second-order valence-corrected chi connectivity index (χ2v) is 3.52. The maximum Gasteiger partial charge on any atom is -0.0225 e. The van der Waals surface area contributed by atoms with E-state index in [9.17, 15) is 0 Å². The van der Waals surface area contributed by atoms with Crippen molar-refractivity contribution in [3.8, 4) is 0 Å². The van der Waals surface area contributed by atoms with E-state index in [4.69, 9.17) is 0 Å². The lowest BCUT2D eigenvalue weighted by molar-refractivity contribution is 1.16. The summed E-state index contributed by atoms with van der Waals surface area (Å²) in [6.07, 6.45) is 9.17. The maximum atomic E-state index is 3.68. The van der Waals surface area contributed by atoms with Gasteiger partial charge < -0.3 is 0 Å². The van der Waals surface area contributed by atoms with E-state index in [-0.39, 0.29) is 0 Å². The van der Waals surface area contributed by atoms with Crippen molar-refractivity contribution in [1.29, 1.82) is 0 Å². The third kappa shape index (κ3) is 3.59. The molecule has 0 aliphatic rings. The fourth-order valence-corrected chi connectivity index (χ4v) is 1.41. The number of benzene rings is 1. The average molecular weight is 198 g/mol. The Bertz CT molecular complexity index is 381. The molecule has 0 fully saturated rings. The quantitative estimate of drug-likeness (QED) is 0.623. The van der Waals surface area contributed by atoms with Gasteiger partial charge in [-0.1, -0.05) is 62.1 Å². The van der Waals surface area contributed by atoms with Crippen LogP contribution in [0.3, 0.4) is 0 Å². The Morgan fingerprint density at radius 3 is 2.67 bits per heavy atom. The normalized spacial score (nSPS) is 12.0. The Morgan fingerprint density at radius 1 is 1.33 bits per heavy atom. The van der Waals surface area contributed by atoms with Gasteiger partial charge in [-0.25, -0.2) is 0 Å². The van der Waals surface area contributed by atoms with Gasteiger partial charge in [-0.15, -0.1) is 0 Å². The van der Waals surface area contributed by atoms with Gasteiger partial charge in [0.2, 0.25) is 0 Å². The first kappa shape index (κ1) is 11.5. The van der Waals surface area contributed by atoms with Gasteiger partial charge in [-0.3, -0.25) is 0 Å². The van der Waals surface area contributed by atoms with Gasteiger partial charge in [0.1, 0.15) is 0 Å². The fraction of sp³-hybridized carbons (Fsp3) is 0.200. The van der Waals surface area contributed by atoms with Crippen molar-refractivity contribution < 1.29 is 0 Å². The highest BCUT2D eigenvalue weighted by Crippen LogP contribution is 2.14. The highest BCUT2D eigenvalue weighted by molar-refractivity contribution is 5.58. The second kappa shape index (κ2) is 6.02. The number of hydrogen-bond acceptors (Lipinski definition) is 0. The molecular weight excluding hydrogens is 180 g/mol. The average Bonchev–Trinajstić information content (AvgIpc) is 2.26. The number of allylic oxidation sites excluding steroid dienone is 4. The number of rotatable bonds is 4. The molecule has 0 unspecified atom stereocenters. The Labute approximate surface area is 92.6 Å². The van der Waals surface area contributed by atoms with Crippen LogP contribution in [0, 0.1) is 6.92 Å². The fourth-order valence-electron chi connectivity index (χ4n) is 1.41. The molecule has 0 aromatic heterocycles. The molecule has 0 N–H and O–H groups in total. The van der Waals surface area contributed by atoms with Crippen LogP contribution in [0.1, 0.15) is 24.5 Å². The van der Waals surface area contributed by atoms with Crippen molar-refractivity contribution >= 4 is 6.08 Å². The van der Waals surface area contributed by atoms with Gasteiger partial charge in [0.15, 0.2) is 0 Å². The molecular formula is C15H18. The summed E-state index contributed by atoms with van der Waals surface area (Å²) in [7, 11) is 0. The molecule has 0 heterocycles. The molecule has 0 radical (unpaired) electrons. The van der Waals surface area contributed by atoms with Crippen LogP contribution in [-0.4, -0.2) is 0 Å². The van der Waals surface area contributed by atoms with Gasteiger partial charge in [0.25, 0.3) is 0 Å². The van der Waals surface area contributed by atoms with Crippen LogP contribution in [0.15, 0.2) is 54.6 Å². The van der Waals surface area contributed by atoms with Crippen LogP contribution in [0.25, 0.3) is 6.08 Å². The first-order valence-electron chi connectivity index (χ1n) is 5.33. The highest BCUT2D eigenvalue weighted by atomic mass is 14.0. The van der Waals surface area contributed by atoms with Crippen LogP contribution < -0.4 is 0 Å². The monoisotopic (exact) mass is 198 g/mol. The molecule has 15 heavy (non-hydrogen) atoms. The van der Waals surface area contributed by atoms with E-state index in [1.165, 1.54) is 16.7 Å². The molecule has 0 heteroatoms. The van der Waals surface area contributed by atoms with Gasteiger partial charge in [0, 0.05) is 0 Å². The maximum absolute atomic E-state index is 3.68. The van der Waals surface area contributed by atoms with E-state index in [0.29, 0.717) is 0 Å². The topological polar surface area (TPSA) is 0 Å². The third-order valence-electron chi connectivity index (χ3n) is 2.38. The summed E-state index contributed by atoms with van der Waals surface area (Å²) >= 11 is 0. The molecule has 0 bridgehead atoms. The van der Waals surface area contributed by atoms with Crippen LogP contribution in [0.5, 0.6) is 0 Å². The molecule has 0 atom stereocenters.